The Morgan fingerprint density at radius 2 is 1.78 bits per heavy atom. The van der Waals surface area contributed by atoms with E-state index in [0.29, 0.717) is 53.8 Å². The van der Waals surface area contributed by atoms with Crippen molar-refractivity contribution in [3.63, 3.8) is 0 Å². The Balaban J connectivity index is 1.63. The van der Waals surface area contributed by atoms with E-state index in [0.717, 1.165) is 12.8 Å². The number of aliphatic hydroxyl groups excluding tert-OH is 1. The van der Waals surface area contributed by atoms with Crippen molar-refractivity contribution in [2.24, 2.45) is 0 Å². The molecule has 1 fully saturated rings. The number of anilines is 2. The molecule has 0 saturated carbocycles. The van der Waals surface area contributed by atoms with E-state index in [2.05, 4.69) is 17.1 Å². The molecule has 1 saturated heterocycles. The van der Waals surface area contributed by atoms with E-state index >= 15 is 0 Å². The van der Waals surface area contributed by atoms with Crippen LogP contribution in [0.15, 0.2) is 42.5 Å². The normalized spacial score (nSPS) is 16.0. The van der Waals surface area contributed by atoms with Crippen molar-refractivity contribution < 1.29 is 19.4 Å². The maximum absolute atomic E-state index is 12.6. The lowest BCUT2D eigenvalue weighted by molar-refractivity contribution is -0.134. The van der Waals surface area contributed by atoms with Gasteiger partial charge in [0.2, 0.25) is 11.9 Å². The van der Waals surface area contributed by atoms with Crippen LogP contribution in [0.2, 0.25) is 0 Å². The number of nitrogens with two attached hydrogens (primary N) is 1. The van der Waals surface area contributed by atoms with Gasteiger partial charge < -0.3 is 30.1 Å². The first kappa shape index (κ1) is 25.5. The quantitative estimate of drug-likeness (QED) is 0.492. The number of carbonyl (C=O) groups excluding carboxylic acids is 1. The maximum Gasteiger partial charge on any atom is 0.227 e. The summed E-state index contributed by atoms with van der Waals surface area (Å²) in [7, 11) is 5.13. The van der Waals surface area contributed by atoms with Crippen molar-refractivity contribution >= 4 is 28.6 Å². The van der Waals surface area contributed by atoms with Crippen LogP contribution in [0.25, 0.3) is 10.9 Å². The molecule has 1 atom stereocenters. The summed E-state index contributed by atoms with van der Waals surface area (Å²) in [6, 6.07) is 14.0. The first-order valence-corrected chi connectivity index (χ1v) is 12.2. The second-order valence-electron chi connectivity index (χ2n) is 9.57. The third-order valence-corrected chi connectivity index (χ3v) is 7.03. The van der Waals surface area contributed by atoms with Crippen LogP contribution in [-0.4, -0.2) is 72.9 Å². The predicted molar refractivity (Wildman–Crippen MR) is 141 cm³/mol. The number of rotatable bonds is 8. The standard InChI is InChI=1S/C27H35N5O4/c1-18(33)14-24(34)32-12-10-27(11-13-32,19-8-6-5-7-9-19)17-31(2)26-29-21-16-23(36-4)22(35-3)15-20(21)25(28)30-26/h5-9,15-16,18,33H,10-14,17H2,1-4H3,(H2,28,29,30). The lowest BCUT2D eigenvalue weighted by Gasteiger charge is -2.44. The average molecular weight is 494 g/mol. The number of hydrogen-bond donors (Lipinski definition) is 2. The van der Waals surface area contributed by atoms with Gasteiger partial charge in [-0.3, -0.25) is 4.79 Å². The molecule has 0 spiro atoms. The Morgan fingerprint density at radius 1 is 1.14 bits per heavy atom. The number of piperidine rings is 1. The van der Waals surface area contributed by atoms with Gasteiger partial charge in [0, 0.05) is 43.5 Å². The number of fused-ring (bicyclic) bond motifs is 1. The van der Waals surface area contributed by atoms with Gasteiger partial charge in [-0.2, -0.15) is 4.98 Å². The predicted octanol–water partition coefficient (Wildman–Crippen LogP) is 3.00. The first-order valence-electron chi connectivity index (χ1n) is 12.2. The number of aromatic nitrogens is 2. The van der Waals surface area contributed by atoms with Crippen molar-refractivity contribution in [1.29, 1.82) is 0 Å². The van der Waals surface area contributed by atoms with E-state index in [1.165, 1.54) is 5.56 Å². The molecule has 1 aliphatic rings. The molecular formula is C27H35N5O4. The van der Waals surface area contributed by atoms with E-state index in [4.69, 9.17) is 20.2 Å². The van der Waals surface area contributed by atoms with E-state index < -0.39 is 6.10 Å². The molecule has 9 heteroatoms. The van der Waals surface area contributed by atoms with Crippen LogP contribution < -0.4 is 20.1 Å². The number of nitrogens with zero attached hydrogens (tertiary/aromatic N) is 4. The topological polar surface area (TPSA) is 114 Å². The van der Waals surface area contributed by atoms with Gasteiger partial charge in [-0.05, 0) is 31.4 Å². The molecule has 0 bridgehead atoms. The fourth-order valence-corrected chi connectivity index (χ4v) is 5.06. The SMILES string of the molecule is COc1cc2nc(N(C)CC3(c4ccccc4)CCN(C(=O)CC(C)O)CC3)nc(N)c2cc1OC. The highest BCUT2D eigenvalue weighted by molar-refractivity contribution is 5.91. The third kappa shape index (κ3) is 5.16. The third-order valence-electron chi connectivity index (χ3n) is 7.03. The highest BCUT2D eigenvalue weighted by Crippen LogP contribution is 2.38. The number of ether oxygens (including phenoxy) is 2. The zero-order valence-electron chi connectivity index (χ0n) is 21.4. The zero-order valence-corrected chi connectivity index (χ0v) is 21.4. The van der Waals surface area contributed by atoms with Crippen LogP contribution in [-0.2, 0) is 10.2 Å². The summed E-state index contributed by atoms with van der Waals surface area (Å²) in [5, 5.41) is 10.3. The number of carbonyl (C=O) groups is 1. The van der Waals surface area contributed by atoms with Crippen molar-refractivity contribution in [2.45, 2.75) is 37.7 Å². The summed E-state index contributed by atoms with van der Waals surface area (Å²) in [6.07, 6.45) is 1.09. The monoisotopic (exact) mass is 493 g/mol. The number of hydrogen-bond acceptors (Lipinski definition) is 8. The van der Waals surface area contributed by atoms with E-state index in [1.54, 1.807) is 27.2 Å². The highest BCUT2D eigenvalue weighted by Gasteiger charge is 2.39. The van der Waals surface area contributed by atoms with Gasteiger partial charge in [0.15, 0.2) is 11.5 Å². The molecular weight excluding hydrogens is 458 g/mol. The minimum absolute atomic E-state index is 0.00460. The number of likely N-dealkylation sites (N-methyl/N-ethyl adjacent to an activating group) is 1. The summed E-state index contributed by atoms with van der Waals surface area (Å²) < 4.78 is 10.8. The summed E-state index contributed by atoms with van der Waals surface area (Å²) in [4.78, 5) is 25.9. The molecule has 1 unspecified atom stereocenters. The molecule has 0 radical (unpaired) electrons. The van der Waals surface area contributed by atoms with Crippen LogP contribution in [0, 0.1) is 0 Å². The molecule has 1 amide bonds. The smallest absolute Gasteiger partial charge is 0.227 e. The summed E-state index contributed by atoms with van der Waals surface area (Å²) >= 11 is 0. The fraction of sp³-hybridized carbons (Fsp3) is 0.444. The van der Waals surface area contributed by atoms with Gasteiger partial charge in [-0.15, -0.1) is 0 Å². The van der Waals surface area contributed by atoms with E-state index in [1.807, 2.05) is 41.1 Å². The van der Waals surface area contributed by atoms with Crippen LogP contribution in [0.5, 0.6) is 11.5 Å². The maximum atomic E-state index is 12.6. The Bertz CT molecular complexity index is 1210. The average Bonchev–Trinajstić information content (AvgIpc) is 2.88. The molecule has 2 heterocycles. The number of likely N-dealkylation sites (tertiary alicyclic amines) is 1. The number of methoxy groups -OCH3 is 2. The van der Waals surface area contributed by atoms with Crippen LogP contribution >= 0.6 is 0 Å². The van der Waals surface area contributed by atoms with Gasteiger partial charge in [0.1, 0.15) is 5.82 Å². The molecule has 1 aromatic heterocycles. The number of amides is 1. The van der Waals surface area contributed by atoms with Gasteiger partial charge in [0.25, 0.3) is 0 Å². The molecule has 192 valence electrons. The largest absolute Gasteiger partial charge is 0.493 e. The van der Waals surface area contributed by atoms with Crippen molar-refractivity contribution in [1.82, 2.24) is 14.9 Å². The van der Waals surface area contributed by atoms with Crippen molar-refractivity contribution in [3.05, 3.63) is 48.0 Å². The number of nitrogen functional groups attached to an aromatic ring is 1. The summed E-state index contributed by atoms with van der Waals surface area (Å²) in [6.45, 7) is 3.57. The minimum Gasteiger partial charge on any atom is -0.493 e. The Kier molecular flexibility index (Phi) is 7.49. The molecule has 3 N–H and O–H groups in total. The molecule has 9 nitrogen and oxygen atoms in total. The second-order valence-corrected chi connectivity index (χ2v) is 9.57. The molecule has 0 aliphatic carbocycles. The molecule has 36 heavy (non-hydrogen) atoms. The first-order chi connectivity index (χ1) is 17.3. The highest BCUT2D eigenvalue weighted by atomic mass is 16.5. The number of benzene rings is 2. The van der Waals surface area contributed by atoms with Gasteiger partial charge in [-0.1, -0.05) is 30.3 Å². The molecule has 2 aromatic carbocycles. The molecule has 3 aromatic rings. The van der Waals surface area contributed by atoms with E-state index in [9.17, 15) is 9.90 Å². The lowest BCUT2D eigenvalue weighted by atomic mass is 9.72. The number of aliphatic hydroxyl groups is 1. The van der Waals surface area contributed by atoms with Crippen LogP contribution in [0.1, 0.15) is 31.7 Å². The molecule has 1 aliphatic heterocycles. The summed E-state index contributed by atoms with van der Waals surface area (Å²) in [5.74, 6) is 2.04. The van der Waals surface area contributed by atoms with Gasteiger partial charge in [-0.25, -0.2) is 4.98 Å². The Morgan fingerprint density at radius 3 is 2.39 bits per heavy atom. The van der Waals surface area contributed by atoms with E-state index in [-0.39, 0.29) is 17.7 Å². The Labute approximate surface area is 211 Å². The van der Waals surface area contributed by atoms with Crippen LogP contribution in [0.4, 0.5) is 11.8 Å². The molecule has 4 rings (SSSR count). The van der Waals surface area contributed by atoms with Crippen molar-refractivity contribution in [3.8, 4) is 11.5 Å². The van der Waals surface area contributed by atoms with Gasteiger partial charge in [0.05, 0.1) is 32.3 Å². The minimum atomic E-state index is -0.640. The second kappa shape index (κ2) is 10.6. The van der Waals surface area contributed by atoms with Gasteiger partial charge >= 0.3 is 0 Å². The Hall–Kier alpha value is -3.59. The zero-order chi connectivity index (χ0) is 25.9. The van der Waals surface area contributed by atoms with Crippen molar-refractivity contribution in [2.75, 3.05) is 51.5 Å². The summed E-state index contributed by atoms with van der Waals surface area (Å²) in [5.41, 5.74) is 8.04. The fourth-order valence-electron chi connectivity index (χ4n) is 5.06. The lowest BCUT2D eigenvalue weighted by Crippen LogP contribution is -2.50. The van der Waals surface area contributed by atoms with Crippen LogP contribution in [0.3, 0.4) is 0 Å².